The number of hydrogen-bond acceptors (Lipinski definition) is 6. The van der Waals surface area contributed by atoms with E-state index in [1.807, 2.05) is 30.3 Å². The molecule has 24 heavy (non-hydrogen) atoms. The molecule has 2 aromatic carbocycles. The van der Waals surface area contributed by atoms with Crippen LogP contribution in [0.3, 0.4) is 0 Å². The fraction of sp³-hybridized carbons (Fsp3) is 0. The minimum absolute atomic E-state index is 0.0419. The molecule has 0 aliphatic heterocycles. The van der Waals surface area contributed by atoms with E-state index in [4.69, 9.17) is 10.9 Å². The predicted octanol–water partition coefficient (Wildman–Crippen LogP) is 2.12. The summed E-state index contributed by atoms with van der Waals surface area (Å²) >= 11 is 0. The van der Waals surface area contributed by atoms with Gasteiger partial charge in [-0.3, -0.25) is 0 Å². The third-order valence-corrected chi connectivity index (χ3v) is 4.16. The number of benzene rings is 2. The summed E-state index contributed by atoms with van der Waals surface area (Å²) in [4.78, 5) is 8.69. The van der Waals surface area contributed by atoms with E-state index in [0.717, 1.165) is 5.56 Å². The first-order valence-electron chi connectivity index (χ1n) is 7.02. The Kier molecular flexibility index (Phi) is 4.15. The van der Waals surface area contributed by atoms with Crippen molar-refractivity contribution in [1.29, 1.82) is 0 Å². The molecule has 7 nitrogen and oxygen atoms in total. The second kappa shape index (κ2) is 6.26. The van der Waals surface area contributed by atoms with E-state index in [1.54, 1.807) is 18.2 Å². The van der Waals surface area contributed by atoms with Gasteiger partial charge in [-0.1, -0.05) is 30.3 Å². The highest BCUT2D eigenvalue weighted by molar-refractivity contribution is 7.89. The van der Waals surface area contributed by atoms with Crippen LogP contribution in [0.2, 0.25) is 0 Å². The topological polar surface area (TPSA) is 124 Å². The number of sulfonamides is 1. The van der Waals surface area contributed by atoms with Gasteiger partial charge in [-0.2, -0.15) is 0 Å². The molecule has 0 aliphatic carbocycles. The molecule has 1 heterocycles. The molecule has 0 saturated heterocycles. The Bertz CT molecular complexity index is 958. The van der Waals surface area contributed by atoms with Crippen LogP contribution >= 0.6 is 0 Å². The summed E-state index contributed by atoms with van der Waals surface area (Å²) in [6, 6.07) is 17.1. The van der Waals surface area contributed by atoms with Crippen LogP contribution < -0.4 is 16.2 Å². The van der Waals surface area contributed by atoms with Crippen molar-refractivity contribution in [1.82, 2.24) is 9.97 Å². The zero-order chi connectivity index (χ0) is 17.2. The van der Waals surface area contributed by atoms with Crippen molar-refractivity contribution in [3.8, 4) is 11.4 Å². The Hall–Kier alpha value is -2.97. The number of anilines is 3. The molecule has 0 unspecified atom stereocenters. The van der Waals surface area contributed by atoms with Gasteiger partial charge in [0.2, 0.25) is 10.0 Å². The number of hydrogen-bond donors (Lipinski definition) is 3. The summed E-state index contributed by atoms with van der Waals surface area (Å²) < 4.78 is 22.5. The summed E-state index contributed by atoms with van der Waals surface area (Å²) in [5, 5.41) is 8.15. The number of nitrogens with one attached hydrogen (secondary N) is 1. The first-order chi connectivity index (χ1) is 11.4. The summed E-state index contributed by atoms with van der Waals surface area (Å²) in [6.07, 6.45) is 0. The molecular weight excluding hydrogens is 326 g/mol. The van der Waals surface area contributed by atoms with Crippen LogP contribution in [-0.2, 0) is 10.0 Å². The minimum atomic E-state index is -3.72. The first-order valence-corrected chi connectivity index (χ1v) is 8.56. The Morgan fingerprint density at radius 1 is 0.917 bits per heavy atom. The molecule has 0 fully saturated rings. The molecule has 0 amide bonds. The molecule has 0 radical (unpaired) electrons. The number of nitrogens with zero attached hydrogens (tertiary/aromatic N) is 2. The second-order valence-electron chi connectivity index (χ2n) is 5.06. The van der Waals surface area contributed by atoms with E-state index in [9.17, 15) is 8.42 Å². The number of rotatable bonds is 4. The smallest absolute Gasteiger partial charge is 0.238 e. The van der Waals surface area contributed by atoms with Crippen LogP contribution in [-0.4, -0.2) is 18.4 Å². The fourth-order valence-corrected chi connectivity index (χ4v) is 2.64. The molecule has 122 valence electrons. The van der Waals surface area contributed by atoms with E-state index < -0.39 is 10.0 Å². The molecule has 0 aliphatic rings. The summed E-state index contributed by atoms with van der Waals surface area (Å²) in [6.45, 7) is 0. The fourth-order valence-electron chi connectivity index (χ4n) is 2.12. The highest BCUT2D eigenvalue weighted by Gasteiger charge is 2.08. The molecule has 0 saturated carbocycles. The molecule has 3 rings (SSSR count). The molecule has 0 bridgehead atoms. The van der Waals surface area contributed by atoms with Crippen molar-refractivity contribution in [3.05, 3.63) is 60.7 Å². The Balaban J connectivity index is 1.89. The Morgan fingerprint density at radius 2 is 1.58 bits per heavy atom. The van der Waals surface area contributed by atoms with Gasteiger partial charge < -0.3 is 11.1 Å². The van der Waals surface area contributed by atoms with Gasteiger partial charge in [-0.05, 0) is 24.3 Å². The maximum atomic E-state index is 11.3. The number of nitrogens with two attached hydrogens (primary N) is 2. The quantitative estimate of drug-likeness (QED) is 0.667. The second-order valence-corrected chi connectivity index (χ2v) is 6.62. The van der Waals surface area contributed by atoms with Crippen LogP contribution in [0, 0.1) is 0 Å². The lowest BCUT2D eigenvalue weighted by Crippen LogP contribution is -2.11. The monoisotopic (exact) mass is 341 g/mol. The zero-order valence-corrected chi connectivity index (χ0v) is 13.4. The van der Waals surface area contributed by atoms with Gasteiger partial charge in [0.25, 0.3) is 0 Å². The average molecular weight is 341 g/mol. The average Bonchev–Trinajstić information content (AvgIpc) is 2.55. The van der Waals surface area contributed by atoms with Crippen LogP contribution in [0.15, 0.2) is 65.6 Å². The van der Waals surface area contributed by atoms with Crippen molar-refractivity contribution < 1.29 is 8.42 Å². The standard InChI is InChI=1S/C16H15N5O2S/c17-14-10-15(21-16(20-14)11-4-2-1-3-5-11)19-12-6-8-13(9-7-12)24(18,22)23/h1-10H,(H2,18,22,23)(H3,17,19,20,21). The SMILES string of the molecule is Nc1cc(Nc2ccc(S(N)(=O)=O)cc2)nc(-c2ccccc2)n1. The van der Waals surface area contributed by atoms with Gasteiger partial charge in [0, 0.05) is 17.3 Å². The molecule has 1 aromatic heterocycles. The van der Waals surface area contributed by atoms with Crippen LogP contribution in [0.1, 0.15) is 0 Å². The van der Waals surface area contributed by atoms with Crippen molar-refractivity contribution in [3.63, 3.8) is 0 Å². The molecule has 8 heteroatoms. The lowest BCUT2D eigenvalue weighted by molar-refractivity contribution is 0.598. The summed E-state index contributed by atoms with van der Waals surface area (Å²) in [5.41, 5.74) is 7.34. The predicted molar refractivity (Wildman–Crippen MR) is 93.0 cm³/mol. The van der Waals surface area contributed by atoms with Gasteiger partial charge in [0.1, 0.15) is 11.6 Å². The van der Waals surface area contributed by atoms with Gasteiger partial charge >= 0.3 is 0 Å². The number of aromatic nitrogens is 2. The molecule has 0 atom stereocenters. The van der Waals surface area contributed by atoms with E-state index in [2.05, 4.69) is 15.3 Å². The van der Waals surface area contributed by atoms with Gasteiger partial charge in [0.15, 0.2) is 5.82 Å². The molecule has 3 aromatic rings. The van der Waals surface area contributed by atoms with Gasteiger partial charge in [-0.25, -0.2) is 23.5 Å². The largest absolute Gasteiger partial charge is 0.384 e. The van der Waals surface area contributed by atoms with Crippen molar-refractivity contribution in [2.75, 3.05) is 11.1 Å². The van der Waals surface area contributed by atoms with Crippen LogP contribution in [0.4, 0.5) is 17.3 Å². The third-order valence-electron chi connectivity index (χ3n) is 3.23. The minimum Gasteiger partial charge on any atom is -0.384 e. The highest BCUT2D eigenvalue weighted by Crippen LogP contribution is 2.22. The lowest BCUT2D eigenvalue weighted by Gasteiger charge is -2.09. The molecule has 5 N–H and O–H groups in total. The van der Waals surface area contributed by atoms with E-state index in [0.29, 0.717) is 23.1 Å². The Labute approximate surface area is 139 Å². The van der Waals surface area contributed by atoms with Crippen LogP contribution in [0.25, 0.3) is 11.4 Å². The lowest BCUT2D eigenvalue weighted by atomic mass is 10.2. The Morgan fingerprint density at radius 3 is 2.21 bits per heavy atom. The van der Waals surface area contributed by atoms with Gasteiger partial charge in [-0.15, -0.1) is 0 Å². The van der Waals surface area contributed by atoms with E-state index in [-0.39, 0.29) is 4.90 Å². The van der Waals surface area contributed by atoms with Gasteiger partial charge in [0.05, 0.1) is 4.90 Å². The summed E-state index contributed by atoms with van der Waals surface area (Å²) in [7, 11) is -3.72. The van der Waals surface area contributed by atoms with Crippen LogP contribution in [0.5, 0.6) is 0 Å². The van der Waals surface area contributed by atoms with Crippen molar-refractivity contribution in [2.45, 2.75) is 4.90 Å². The van der Waals surface area contributed by atoms with Crippen molar-refractivity contribution >= 4 is 27.3 Å². The highest BCUT2D eigenvalue weighted by atomic mass is 32.2. The molecular formula is C16H15N5O2S. The van der Waals surface area contributed by atoms with Crippen molar-refractivity contribution in [2.24, 2.45) is 5.14 Å². The maximum absolute atomic E-state index is 11.3. The zero-order valence-electron chi connectivity index (χ0n) is 12.5. The summed E-state index contributed by atoms with van der Waals surface area (Å²) in [5.74, 6) is 1.33. The first kappa shape index (κ1) is 15.9. The van der Waals surface area contributed by atoms with E-state index in [1.165, 1.54) is 12.1 Å². The maximum Gasteiger partial charge on any atom is 0.238 e. The molecule has 0 spiro atoms. The number of nitrogen functional groups attached to an aromatic ring is 1. The normalized spacial score (nSPS) is 11.2. The number of primary sulfonamides is 1. The van der Waals surface area contributed by atoms with E-state index >= 15 is 0 Å². The third kappa shape index (κ3) is 3.67.